The lowest BCUT2D eigenvalue weighted by atomic mass is 10.0. The number of aromatic nitrogens is 1. The maximum Gasteiger partial charge on any atom is 0.0461 e. The van der Waals surface area contributed by atoms with Gasteiger partial charge in [-0.3, -0.25) is 16.3 Å². The second-order valence-corrected chi connectivity index (χ2v) is 3.22. The third-order valence-electron chi connectivity index (χ3n) is 2.21. The fourth-order valence-electron chi connectivity index (χ4n) is 1.41. The lowest BCUT2D eigenvalue weighted by molar-refractivity contribution is 0.500. The van der Waals surface area contributed by atoms with Crippen LogP contribution in [0.3, 0.4) is 0 Å². The minimum atomic E-state index is 0.220. The van der Waals surface area contributed by atoms with Gasteiger partial charge in [0.05, 0.1) is 0 Å². The molecule has 3 N–H and O–H groups in total. The minimum Gasteiger partial charge on any atom is -0.271 e. The molecule has 0 fully saturated rings. The summed E-state index contributed by atoms with van der Waals surface area (Å²) in [6, 6.07) is 4.19. The smallest absolute Gasteiger partial charge is 0.0461 e. The van der Waals surface area contributed by atoms with E-state index in [0.29, 0.717) is 0 Å². The molecule has 1 atom stereocenters. The highest BCUT2D eigenvalue weighted by molar-refractivity contribution is 5.14. The van der Waals surface area contributed by atoms with Crippen LogP contribution in [0.15, 0.2) is 37.2 Å². The van der Waals surface area contributed by atoms with Gasteiger partial charge in [0.25, 0.3) is 0 Å². The average Bonchev–Trinajstić information content (AvgIpc) is 2.26. The lowest BCUT2D eigenvalue weighted by Crippen LogP contribution is -2.27. The topological polar surface area (TPSA) is 50.9 Å². The molecule has 1 heterocycles. The Kier molecular flexibility index (Phi) is 4.89. The maximum absolute atomic E-state index is 5.49. The van der Waals surface area contributed by atoms with Crippen LogP contribution in [0.5, 0.6) is 0 Å². The van der Waals surface area contributed by atoms with E-state index in [0.717, 1.165) is 19.3 Å². The van der Waals surface area contributed by atoms with Crippen molar-refractivity contribution in [2.45, 2.75) is 25.3 Å². The Balaban J connectivity index is 2.50. The van der Waals surface area contributed by atoms with Crippen LogP contribution in [0.25, 0.3) is 0 Å². The van der Waals surface area contributed by atoms with Gasteiger partial charge in [-0.25, -0.2) is 0 Å². The fourth-order valence-corrected chi connectivity index (χ4v) is 1.41. The second kappa shape index (κ2) is 6.29. The van der Waals surface area contributed by atoms with Crippen molar-refractivity contribution in [3.05, 3.63) is 42.7 Å². The van der Waals surface area contributed by atoms with Gasteiger partial charge in [-0.15, -0.1) is 6.58 Å². The standard InChI is InChI=1S/C11H17N3/c1-2-3-4-5-11(14-12)10-6-8-13-9-7-10/h2,6-9,11,14H,1,3-5,12H2. The highest BCUT2D eigenvalue weighted by atomic mass is 15.2. The highest BCUT2D eigenvalue weighted by Gasteiger charge is 2.07. The van der Waals surface area contributed by atoms with Gasteiger partial charge in [-0.2, -0.15) is 0 Å². The molecule has 1 unspecified atom stereocenters. The SMILES string of the molecule is C=CCCCC(NN)c1ccncc1. The van der Waals surface area contributed by atoms with Crippen LogP contribution in [0.4, 0.5) is 0 Å². The first-order valence-corrected chi connectivity index (χ1v) is 4.85. The van der Waals surface area contributed by atoms with Crippen LogP contribution < -0.4 is 11.3 Å². The van der Waals surface area contributed by atoms with Crippen molar-refractivity contribution in [1.82, 2.24) is 10.4 Å². The molecule has 0 saturated heterocycles. The zero-order chi connectivity index (χ0) is 10.2. The molecular weight excluding hydrogens is 174 g/mol. The summed E-state index contributed by atoms with van der Waals surface area (Å²) in [6.07, 6.45) is 8.65. The van der Waals surface area contributed by atoms with Gasteiger partial charge in [-0.05, 0) is 37.0 Å². The predicted octanol–water partition coefficient (Wildman–Crippen LogP) is 1.94. The van der Waals surface area contributed by atoms with E-state index >= 15 is 0 Å². The van der Waals surface area contributed by atoms with Gasteiger partial charge >= 0.3 is 0 Å². The molecule has 0 amide bonds. The molecule has 1 rings (SSSR count). The fraction of sp³-hybridized carbons (Fsp3) is 0.364. The van der Waals surface area contributed by atoms with Gasteiger partial charge in [0.1, 0.15) is 0 Å². The summed E-state index contributed by atoms with van der Waals surface area (Å²) in [5, 5.41) is 0. The molecule has 0 radical (unpaired) electrons. The van der Waals surface area contributed by atoms with E-state index < -0.39 is 0 Å². The van der Waals surface area contributed by atoms with Crippen LogP contribution in [0, 0.1) is 0 Å². The zero-order valence-corrected chi connectivity index (χ0v) is 8.32. The van der Waals surface area contributed by atoms with E-state index in [1.54, 1.807) is 12.4 Å². The summed E-state index contributed by atoms with van der Waals surface area (Å²) in [6.45, 7) is 3.69. The molecule has 1 aromatic heterocycles. The number of hydrogen-bond acceptors (Lipinski definition) is 3. The van der Waals surface area contributed by atoms with Gasteiger partial charge in [0, 0.05) is 18.4 Å². The molecule has 0 aliphatic rings. The Morgan fingerprint density at radius 1 is 1.50 bits per heavy atom. The molecule has 3 nitrogen and oxygen atoms in total. The molecule has 76 valence electrons. The van der Waals surface area contributed by atoms with E-state index in [4.69, 9.17) is 5.84 Å². The van der Waals surface area contributed by atoms with Crippen molar-refractivity contribution < 1.29 is 0 Å². The Hall–Kier alpha value is -1.19. The van der Waals surface area contributed by atoms with Gasteiger partial charge < -0.3 is 0 Å². The van der Waals surface area contributed by atoms with Crippen molar-refractivity contribution >= 4 is 0 Å². The van der Waals surface area contributed by atoms with E-state index in [-0.39, 0.29) is 6.04 Å². The van der Waals surface area contributed by atoms with Crippen LogP contribution >= 0.6 is 0 Å². The molecule has 0 aromatic carbocycles. The molecule has 0 bridgehead atoms. The van der Waals surface area contributed by atoms with Crippen LogP contribution in [-0.4, -0.2) is 4.98 Å². The molecule has 3 heteroatoms. The monoisotopic (exact) mass is 191 g/mol. The number of hydrogen-bond donors (Lipinski definition) is 2. The summed E-state index contributed by atoms with van der Waals surface area (Å²) in [5.41, 5.74) is 4.00. The number of unbranched alkanes of at least 4 members (excludes halogenated alkanes) is 1. The number of rotatable bonds is 6. The number of hydrazine groups is 1. The highest BCUT2D eigenvalue weighted by Crippen LogP contribution is 2.17. The number of nitrogens with two attached hydrogens (primary N) is 1. The normalized spacial score (nSPS) is 12.4. The van der Waals surface area contributed by atoms with Gasteiger partial charge in [0.15, 0.2) is 0 Å². The van der Waals surface area contributed by atoms with E-state index in [9.17, 15) is 0 Å². The Morgan fingerprint density at radius 3 is 2.79 bits per heavy atom. The number of nitrogens with one attached hydrogen (secondary N) is 1. The number of nitrogens with zero attached hydrogens (tertiary/aromatic N) is 1. The first-order chi connectivity index (χ1) is 6.88. The second-order valence-electron chi connectivity index (χ2n) is 3.22. The molecular formula is C11H17N3. The summed E-state index contributed by atoms with van der Waals surface area (Å²) >= 11 is 0. The summed E-state index contributed by atoms with van der Waals surface area (Å²) in [5.74, 6) is 5.49. The lowest BCUT2D eigenvalue weighted by Gasteiger charge is -2.15. The first-order valence-electron chi connectivity index (χ1n) is 4.85. The summed E-state index contributed by atoms with van der Waals surface area (Å²) < 4.78 is 0. The van der Waals surface area contributed by atoms with Crippen LogP contribution in [0.1, 0.15) is 30.9 Å². The zero-order valence-electron chi connectivity index (χ0n) is 8.32. The van der Waals surface area contributed by atoms with E-state index in [2.05, 4.69) is 17.0 Å². The average molecular weight is 191 g/mol. The molecule has 1 aromatic rings. The van der Waals surface area contributed by atoms with Crippen molar-refractivity contribution in [3.8, 4) is 0 Å². The molecule has 0 aliphatic carbocycles. The first kappa shape index (κ1) is 10.9. The van der Waals surface area contributed by atoms with Gasteiger partial charge in [0.2, 0.25) is 0 Å². The Labute approximate surface area is 85.0 Å². The van der Waals surface area contributed by atoms with Crippen LogP contribution in [0.2, 0.25) is 0 Å². The summed E-state index contributed by atoms with van der Waals surface area (Å²) in [7, 11) is 0. The minimum absolute atomic E-state index is 0.220. The van der Waals surface area contributed by atoms with Crippen molar-refractivity contribution in [2.24, 2.45) is 5.84 Å². The number of allylic oxidation sites excluding steroid dienone is 1. The Bertz CT molecular complexity index is 258. The van der Waals surface area contributed by atoms with E-state index in [1.165, 1.54) is 5.56 Å². The van der Waals surface area contributed by atoms with Crippen LogP contribution in [-0.2, 0) is 0 Å². The molecule has 14 heavy (non-hydrogen) atoms. The third-order valence-corrected chi connectivity index (χ3v) is 2.21. The number of pyridine rings is 1. The largest absolute Gasteiger partial charge is 0.271 e. The van der Waals surface area contributed by atoms with Gasteiger partial charge in [-0.1, -0.05) is 6.08 Å². The third kappa shape index (κ3) is 3.28. The molecule has 0 aliphatic heterocycles. The summed E-state index contributed by atoms with van der Waals surface area (Å²) in [4.78, 5) is 3.97. The molecule has 0 spiro atoms. The van der Waals surface area contributed by atoms with E-state index in [1.807, 2.05) is 18.2 Å². The molecule has 0 saturated carbocycles. The van der Waals surface area contributed by atoms with Crippen molar-refractivity contribution in [2.75, 3.05) is 0 Å². The van der Waals surface area contributed by atoms with Crippen molar-refractivity contribution in [1.29, 1.82) is 0 Å². The predicted molar refractivity (Wildman–Crippen MR) is 58.3 cm³/mol. The van der Waals surface area contributed by atoms with Crippen molar-refractivity contribution in [3.63, 3.8) is 0 Å². The quantitative estimate of drug-likeness (QED) is 0.313. The Morgan fingerprint density at radius 2 is 2.21 bits per heavy atom. The maximum atomic E-state index is 5.49.